The van der Waals surface area contributed by atoms with Gasteiger partial charge in [0.1, 0.15) is 5.25 Å². The summed E-state index contributed by atoms with van der Waals surface area (Å²) in [5.41, 5.74) is 0.253. The first-order valence-corrected chi connectivity index (χ1v) is 8.53. The maximum atomic E-state index is 11.6. The Labute approximate surface area is 107 Å². The average molecular weight is 293 g/mol. The summed E-state index contributed by atoms with van der Waals surface area (Å²) in [6.07, 6.45) is 1.07. The van der Waals surface area contributed by atoms with Crippen LogP contribution in [0.4, 0.5) is 5.69 Å². The smallest absolute Gasteiger partial charge is 0.237 e. The Bertz CT molecular complexity index is 604. The van der Waals surface area contributed by atoms with E-state index in [9.17, 15) is 16.8 Å². The Morgan fingerprint density at radius 3 is 2.06 bits per heavy atom. The van der Waals surface area contributed by atoms with Crippen molar-refractivity contribution in [2.45, 2.75) is 17.1 Å². The Morgan fingerprint density at radius 2 is 1.67 bits per heavy atom. The van der Waals surface area contributed by atoms with Crippen LogP contribution in [-0.4, -0.2) is 40.1 Å². The van der Waals surface area contributed by atoms with Gasteiger partial charge >= 0.3 is 0 Å². The van der Waals surface area contributed by atoms with E-state index in [4.69, 9.17) is 5.11 Å². The van der Waals surface area contributed by atoms with Crippen LogP contribution >= 0.6 is 0 Å². The van der Waals surface area contributed by atoms with Gasteiger partial charge in [0.15, 0.2) is 9.84 Å². The fourth-order valence-electron chi connectivity index (χ4n) is 1.13. The van der Waals surface area contributed by atoms with Crippen molar-refractivity contribution in [2.24, 2.45) is 0 Å². The summed E-state index contributed by atoms with van der Waals surface area (Å²) < 4.78 is 47.9. The number of rotatable bonds is 5. The highest BCUT2D eigenvalue weighted by Gasteiger charge is 2.19. The number of hydrogen-bond donors (Lipinski definition) is 2. The number of sulfonamides is 1. The summed E-state index contributed by atoms with van der Waals surface area (Å²) in [5, 5.41) is 7.86. The third-order valence-corrected chi connectivity index (χ3v) is 5.19. The van der Waals surface area contributed by atoms with Crippen molar-refractivity contribution in [3.63, 3.8) is 0 Å². The van der Waals surface area contributed by atoms with E-state index in [0.29, 0.717) is 0 Å². The zero-order valence-electron chi connectivity index (χ0n) is 9.99. The van der Waals surface area contributed by atoms with Crippen molar-refractivity contribution in [3.8, 4) is 0 Å². The minimum Gasteiger partial charge on any atom is -0.395 e. The molecular weight excluding hydrogens is 278 g/mol. The quantitative estimate of drug-likeness (QED) is 0.808. The highest BCUT2D eigenvalue weighted by Crippen LogP contribution is 2.16. The number of aliphatic hydroxyl groups excluding tert-OH is 1. The topological polar surface area (TPSA) is 101 Å². The number of aliphatic hydroxyl groups is 1. The van der Waals surface area contributed by atoms with E-state index in [1.54, 1.807) is 0 Å². The van der Waals surface area contributed by atoms with Crippen molar-refractivity contribution in [1.82, 2.24) is 0 Å². The van der Waals surface area contributed by atoms with Gasteiger partial charge in [-0.25, -0.2) is 16.8 Å². The highest BCUT2D eigenvalue weighted by molar-refractivity contribution is 7.93. The zero-order valence-corrected chi connectivity index (χ0v) is 11.6. The Hall–Kier alpha value is -1.12. The second-order valence-corrected chi connectivity index (χ2v) is 8.05. The van der Waals surface area contributed by atoms with Crippen molar-refractivity contribution < 1.29 is 21.9 Å². The molecule has 2 N–H and O–H groups in total. The van der Waals surface area contributed by atoms with Gasteiger partial charge < -0.3 is 5.11 Å². The number of anilines is 1. The molecule has 0 saturated heterocycles. The standard InChI is InChI=1S/C10H15NO5S2/c1-8(7-12)18(15,16)11-9-3-5-10(6-4-9)17(2,13)14/h3-6,8,11-12H,7H2,1-2H3. The van der Waals surface area contributed by atoms with Gasteiger partial charge in [-0.2, -0.15) is 0 Å². The largest absolute Gasteiger partial charge is 0.395 e. The van der Waals surface area contributed by atoms with Crippen molar-refractivity contribution in [1.29, 1.82) is 0 Å². The van der Waals surface area contributed by atoms with Gasteiger partial charge in [-0.3, -0.25) is 4.72 Å². The molecule has 0 radical (unpaired) electrons. The van der Waals surface area contributed by atoms with Crippen LogP contribution in [0.2, 0.25) is 0 Å². The Balaban J connectivity index is 2.95. The van der Waals surface area contributed by atoms with Gasteiger partial charge in [-0.1, -0.05) is 0 Å². The molecule has 0 aliphatic rings. The van der Waals surface area contributed by atoms with Gasteiger partial charge in [0.25, 0.3) is 0 Å². The monoisotopic (exact) mass is 293 g/mol. The molecule has 1 aromatic rings. The second kappa shape index (κ2) is 5.25. The lowest BCUT2D eigenvalue weighted by molar-refractivity contribution is 0.296. The van der Waals surface area contributed by atoms with Gasteiger partial charge in [0, 0.05) is 11.9 Å². The van der Waals surface area contributed by atoms with Crippen molar-refractivity contribution in [2.75, 3.05) is 17.6 Å². The van der Waals surface area contributed by atoms with Crippen molar-refractivity contribution in [3.05, 3.63) is 24.3 Å². The molecule has 1 rings (SSSR count). The van der Waals surface area contributed by atoms with E-state index < -0.39 is 31.7 Å². The molecule has 0 heterocycles. The summed E-state index contributed by atoms with van der Waals surface area (Å²) in [4.78, 5) is 0.112. The molecule has 0 aromatic heterocycles. The van der Waals surface area contributed by atoms with Gasteiger partial charge in [0.2, 0.25) is 10.0 Å². The average Bonchev–Trinajstić information content (AvgIpc) is 2.26. The highest BCUT2D eigenvalue weighted by atomic mass is 32.2. The second-order valence-electron chi connectivity index (χ2n) is 3.94. The number of nitrogens with one attached hydrogen (secondary N) is 1. The Kier molecular flexibility index (Phi) is 4.36. The first kappa shape index (κ1) is 14.9. The third-order valence-electron chi connectivity index (χ3n) is 2.33. The molecular formula is C10H15NO5S2. The first-order valence-electron chi connectivity index (χ1n) is 5.09. The van der Waals surface area contributed by atoms with E-state index in [1.165, 1.54) is 31.2 Å². The van der Waals surface area contributed by atoms with Crippen LogP contribution in [0.15, 0.2) is 29.2 Å². The molecule has 1 aromatic carbocycles. The Morgan fingerprint density at radius 1 is 1.17 bits per heavy atom. The maximum Gasteiger partial charge on any atom is 0.237 e. The van der Waals surface area contributed by atoms with Crippen LogP contribution in [-0.2, 0) is 19.9 Å². The lowest BCUT2D eigenvalue weighted by Crippen LogP contribution is -2.28. The zero-order chi connectivity index (χ0) is 14.0. The van der Waals surface area contributed by atoms with E-state index in [0.717, 1.165) is 6.26 Å². The van der Waals surface area contributed by atoms with Crippen LogP contribution in [0.25, 0.3) is 0 Å². The number of benzene rings is 1. The summed E-state index contributed by atoms with van der Waals surface area (Å²) in [7, 11) is -6.96. The van der Waals surface area contributed by atoms with Gasteiger partial charge in [0.05, 0.1) is 11.5 Å². The van der Waals surface area contributed by atoms with Crippen LogP contribution in [0.5, 0.6) is 0 Å². The molecule has 0 fully saturated rings. The fraction of sp³-hybridized carbons (Fsp3) is 0.400. The molecule has 6 nitrogen and oxygen atoms in total. The van der Waals surface area contributed by atoms with Crippen molar-refractivity contribution >= 4 is 25.5 Å². The number of sulfone groups is 1. The van der Waals surface area contributed by atoms with Crippen LogP contribution < -0.4 is 4.72 Å². The molecule has 18 heavy (non-hydrogen) atoms. The third kappa shape index (κ3) is 3.69. The van der Waals surface area contributed by atoms with E-state index >= 15 is 0 Å². The molecule has 0 amide bonds. The summed E-state index contributed by atoms with van der Waals surface area (Å²) in [5.74, 6) is 0. The molecule has 0 bridgehead atoms. The SMILES string of the molecule is CC(CO)S(=O)(=O)Nc1ccc(S(C)(=O)=O)cc1. The van der Waals surface area contributed by atoms with Gasteiger partial charge in [-0.15, -0.1) is 0 Å². The maximum absolute atomic E-state index is 11.6. The lowest BCUT2D eigenvalue weighted by Gasteiger charge is -2.12. The summed E-state index contributed by atoms with van der Waals surface area (Å²) >= 11 is 0. The predicted octanol–water partition coefficient (Wildman–Crippen LogP) is 0.213. The molecule has 0 saturated carbocycles. The normalized spacial score (nSPS) is 14.2. The predicted molar refractivity (Wildman–Crippen MR) is 68.6 cm³/mol. The summed E-state index contributed by atoms with van der Waals surface area (Å²) in [6, 6.07) is 5.35. The molecule has 0 spiro atoms. The molecule has 102 valence electrons. The minimum atomic E-state index is -3.66. The fourth-order valence-corrected chi connectivity index (χ4v) is 2.63. The number of hydrogen-bond acceptors (Lipinski definition) is 5. The van der Waals surface area contributed by atoms with E-state index in [2.05, 4.69) is 4.72 Å². The molecule has 0 aliphatic heterocycles. The van der Waals surface area contributed by atoms with Crippen LogP contribution in [0, 0.1) is 0 Å². The van der Waals surface area contributed by atoms with Crippen LogP contribution in [0.3, 0.4) is 0 Å². The molecule has 0 aliphatic carbocycles. The van der Waals surface area contributed by atoms with Crippen LogP contribution in [0.1, 0.15) is 6.92 Å². The first-order chi connectivity index (χ1) is 8.16. The minimum absolute atomic E-state index is 0.112. The molecule has 1 unspecified atom stereocenters. The molecule has 1 atom stereocenters. The van der Waals surface area contributed by atoms with E-state index in [-0.39, 0.29) is 10.6 Å². The molecule has 8 heteroatoms. The summed E-state index contributed by atoms with van der Waals surface area (Å²) in [6.45, 7) is 0.879. The lowest BCUT2D eigenvalue weighted by atomic mass is 10.3. The van der Waals surface area contributed by atoms with Gasteiger partial charge in [-0.05, 0) is 31.2 Å². The van der Waals surface area contributed by atoms with E-state index in [1.807, 2.05) is 0 Å².